The molecule has 0 aliphatic heterocycles. The van der Waals surface area contributed by atoms with Crippen molar-refractivity contribution in [1.29, 1.82) is 0 Å². The highest BCUT2D eigenvalue weighted by Gasteiger charge is 2.19. The van der Waals surface area contributed by atoms with E-state index in [0.717, 1.165) is 15.6 Å². The van der Waals surface area contributed by atoms with Crippen molar-refractivity contribution in [2.75, 3.05) is 5.32 Å². The Kier molecular flexibility index (Phi) is 8.15. The van der Waals surface area contributed by atoms with Gasteiger partial charge in [0.25, 0.3) is 18.3 Å². The molecule has 0 aliphatic carbocycles. The SMILES string of the molecule is Cc1ccc(-c2ccc(C(=O)NC(Cc3ccc(NC(=O)c4cccc(Br)c4)c(F)c3)OC=O)o2)cc1. The number of benzene rings is 3. The summed E-state index contributed by atoms with van der Waals surface area (Å²) >= 11 is 3.29. The van der Waals surface area contributed by atoms with E-state index in [2.05, 4.69) is 26.6 Å². The molecule has 0 saturated heterocycles. The number of amides is 2. The van der Waals surface area contributed by atoms with Crippen LogP contribution < -0.4 is 10.6 Å². The lowest BCUT2D eigenvalue weighted by Crippen LogP contribution is -2.38. The molecule has 0 spiro atoms. The minimum atomic E-state index is -1.07. The van der Waals surface area contributed by atoms with Crippen LogP contribution in [0.25, 0.3) is 11.3 Å². The van der Waals surface area contributed by atoms with Crippen LogP contribution in [0.1, 0.15) is 32.0 Å². The highest BCUT2D eigenvalue weighted by molar-refractivity contribution is 9.10. The monoisotopic (exact) mass is 564 g/mol. The van der Waals surface area contributed by atoms with Gasteiger partial charge in [0.05, 0.1) is 5.69 Å². The Labute approximate surface area is 220 Å². The summed E-state index contributed by atoms with van der Waals surface area (Å²) in [6, 6.07) is 21.7. The van der Waals surface area contributed by atoms with Crippen molar-refractivity contribution in [2.24, 2.45) is 0 Å². The number of furan rings is 1. The molecule has 2 N–H and O–H groups in total. The van der Waals surface area contributed by atoms with Crippen LogP contribution in [-0.4, -0.2) is 24.5 Å². The van der Waals surface area contributed by atoms with Gasteiger partial charge in [-0.1, -0.05) is 57.9 Å². The van der Waals surface area contributed by atoms with Crippen LogP contribution >= 0.6 is 15.9 Å². The van der Waals surface area contributed by atoms with Gasteiger partial charge in [-0.25, -0.2) is 4.39 Å². The molecule has 7 nitrogen and oxygen atoms in total. The molecule has 4 aromatic rings. The molecule has 3 aromatic carbocycles. The fourth-order valence-corrected chi connectivity index (χ4v) is 3.97. The van der Waals surface area contributed by atoms with E-state index in [-0.39, 0.29) is 24.3 Å². The largest absolute Gasteiger partial charge is 0.451 e. The molecule has 9 heteroatoms. The number of ether oxygens (including phenoxy) is 1. The second kappa shape index (κ2) is 11.7. The summed E-state index contributed by atoms with van der Waals surface area (Å²) in [7, 11) is 0. The summed E-state index contributed by atoms with van der Waals surface area (Å²) in [5, 5.41) is 5.09. The number of rotatable bonds is 9. The van der Waals surface area contributed by atoms with Crippen molar-refractivity contribution in [3.63, 3.8) is 0 Å². The summed E-state index contributed by atoms with van der Waals surface area (Å²) in [4.78, 5) is 36.1. The summed E-state index contributed by atoms with van der Waals surface area (Å²) in [5.74, 6) is -1.19. The molecule has 1 atom stereocenters. The number of halogens is 2. The van der Waals surface area contributed by atoms with E-state index in [1.54, 1.807) is 36.4 Å². The molecule has 188 valence electrons. The van der Waals surface area contributed by atoms with Crippen molar-refractivity contribution in [2.45, 2.75) is 19.6 Å². The predicted octanol–water partition coefficient (Wildman–Crippen LogP) is 5.88. The summed E-state index contributed by atoms with van der Waals surface area (Å²) in [6.45, 7) is 2.17. The molecule has 37 heavy (non-hydrogen) atoms. The number of carbonyl (C=O) groups is 3. The topological polar surface area (TPSA) is 97.6 Å². The van der Waals surface area contributed by atoms with Crippen LogP contribution in [0.5, 0.6) is 0 Å². The number of anilines is 1. The first-order valence-corrected chi connectivity index (χ1v) is 12.0. The molecule has 2 amide bonds. The van der Waals surface area contributed by atoms with Crippen molar-refractivity contribution in [1.82, 2.24) is 5.32 Å². The zero-order valence-corrected chi connectivity index (χ0v) is 21.3. The van der Waals surface area contributed by atoms with Crippen LogP contribution in [0.15, 0.2) is 87.8 Å². The summed E-state index contributed by atoms with van der Waals surface area (Å²) < 4.78 is 26.1. The lowest BCUT2D eigenvalue weighted by molar-refractivity contribution is -0.134. The minimum absolute atomic E-state index is 0.00716. The normalized spacial score (nSPS) is 11.4. The predicted molar refractivity (Wildman–Crippen MR) is 139 cm³/mol. The first-order chi connectivity index (χ1) is 17.8. The molecule has 0 radical (unpaired) electrons. The van der Waals surface area contributed by atoms with Gasteiger partial charge in [0.15, 0.2) is 12.0 Å². The lowest BCUT2D eigenvalue weighted by atomic mass is 10.1. The third-order valence-corrected chi connectivity index (χ3v) is 5.96. The smallest absolute Gasteiger partial charge is 0.295 e. The standard InChI is InChI=1S/C28H22BrFN2O5/c1-17-5-8-19(9-6-17)24-11-12-25(37-24)28(35)32-26(36-16-33)14-18-7-10-23(22(30)13-18)31-27(34)20-3-2-4-21(29)15-20/h2-13,15-16,26H,14H2,1H3,(H,31,34)(H,32,35). The maximum Gasteiger partial charge on any atom is 0.295 e. The molecule has 1 heterocycles. The Bertz CT molecular complexity index is 1430. The van der Waals surface area contributed by atoms with E-state index >= 15 is 0 Å². The van der Waals surface area contributed by atoms with Gasteiger partial charge in [0.1, 0.15) is 11.6 Å². The van der Waals surface area contributed by atoms with Gasteiger partial charge in [-0.15, -0.1) is 0 Å². The van der Waals surface area contributed by atoms with Crippen molar-refractivity contribution < 1.29 is 27.9 Å². The Morgan fingerprint density at radius 3 is 2.51 bits per heavy atom. The molecule has 1 unspecified atom stereocenters. The van der Waals surface area contributed by atoms with Gasteiger partial charge < -0.3 is 19.8 Å². The van der Waals surface area contributed by atoms with Crippen molar-refractivity contribution >= 4 is 39.9 Å². The second-order valence-corrected chi connectivity index (χ2v) is 9.12. The second-order valence-electron chi connectivity index (χ2n) is 8.21. The zero-order chi connectivity index (χ0) is 26.4. The van der Waals surface area contributed by atoms with E-state index in [1.807, 2.05) is 31.2 Å². The first kappa shape index (κ1) is 25.8. The number of hydrogen-bond donors (Lipinski definition) is 2. The third kappa shape index (κ3) is 6.71. The molecule has 4 rings (SSSR count). The Balaban J connectivity index is 1.41. The van der Waals surface area contributed by atoms with E-state index in [1.165, 1.54) is 18.2 Å². The fraction of sp³-hybridized carbons (Fsp3) is 0.107. The highest BCUT2D eigenvalue weighted by Crippen LogP contribution is 2.23. The minimum Gasteiger partial charge on any atom is -0.451 e. The van der Waals surface area contributed by atoms with Gasteiger partial charge in [0.2, 0.25) is 0 Å². The quantitative estimate of drug-likeness (QED) is 0.195. The van der Waals surface area contributed by atoms with E-state index in [4.69, 9.17) is 9.15 Å². The van der Waals surface area contributed by atoms with Crippen LogP contribution in [0.4, 0.5) is 10.1 Å². The van der Waals surface area contributed by atoms with Gasteiger partial charge in [-0.2, -0.15) is 0 Å². The molecule has 0 aliphatic rings. The average Bonchev–Trinajstić information content (AvgIpc) is 3.37. The van der Waals surface area contributed by atoms with Gasteiger partial charge >= 0.3 is 0 Å². The molecule has 0 saturated carbocycles. The van der Waals surface area contributed by atoms with Crippen molar-refractivity contribution in [3.8, 4) is 11.3 Å². The van der Waals surface area contributed by atoms with Crippen LogP contribution in [0.2, 0.25) is 0 Å². The van der Waals surface area contributed by atoms with Gasteiger partial charge in [-0.05, 0) is 55.0 Å². The summed E-state index contributed by atoms with van der Waals surface area (Å²) in [6.07, 6.45) is -1.08. The maximum atomic E-state index is 14.7. The number of hydrogen-bond acceptors (Lipinski definition) is 5. The number of aryl methyl sites for hydroxylation is 1. The first-order valence-electron chi connectivity index (χ1n) is 11.2. The Morgan fingerprint density at radius 2 is 1.81 bits per heavy atom. The third-order valence-electron chi connectivity index (χ3n) is 5.47. The summed E-state index contributed by atoms with van der Waals surface area (Å²) in [5.41, 5.74) is 2.70. The van der Waals surface area contributed by atoms with Crippen LogP contribution in [0, 0.1) is 12.7 Å². The zero-order valence-electron chi connectivity index (χ0n) is 19.7. The van der Waals surface area contributed by atoms with E-state index in [9.17, 15) is 18.8 Å². The number of carbonyl (C=O) groups excluding carboxylic acids is 3. The van der Waals surface area contributed by atoms with Crippen LogP contribution in [-0.2, 0) is 16.0 Å². The average molecular weight is 565 g/mol. The van der Waals surface area contributed by atoms with E-state index < -0.39 is 23.9 Å². The van der Waals surface area contributed by atoms with E-state index in [0.29, 0.717) is 16.9 Å². The molecule has 0 fully saturated rings. The van der Waals surface area contributed by atoms with Crippen molar-refractivity contribution in [3.05, 3.63) is 112 Å². The van der Waals surface area contributed by atoms with Gasteiger partial charge in [0, 0.05) is 22.0 Å². The van der Waals surface area contributed by atoms with Crippen LogP contribution in [0.3, 0.4) is 0 Å². The lowest BCUT2D eigenvalue weighted by Gasteiger charge is -2.17. The Hall–Kier alpha value is -4.24. The highest BCUT2D eigenvalue weighted by atomic mass is 79.9. The fourth-order valence-electron chi connectivity index (χ4n) is 3.58. The molecule has 0 bridgehead atoms. The van der Waals surface area contributed by atoms with Gasteiger partial charge in [-0.3, -0.25) is 14.4 Å². The number of nitrogens with one attached hydrogen (secondary N) is 2. The molecular weight excluding hydrogens is 543 g/mol. The maximum absolute atomic E-state index is 14.7. The Morgan fingerprint density at radius 1 is 1.03 bits per heavy atom. The molecular formula is C28H22BrFN2O5. The molecule has 1 aromatic heterocycles.